The summed E-state index contributed by atoms with van der Waals surface area (Å²) in [7, 11) is 0. The van der Waals surface area contributed by atoms with Gasteiger partial charge in [0, 0.05) is 48.9 Å². The number of nitrogens with zero attached hydrogens (tertiary/aromatic N) is 2. The van der Waals surface area contributed by atoms with Gasteiger partial charge in [-0.15, -0.1) is 0 Å². The number of aryl methyl sites for hydroxylation is 1. The minimum Gasteiger partial charge on any atom is -0.475 e. The quantitative estimate of drug-likeness (QED) is 0.726. The van der Waals surface area contributed by atoms with Gasteiger partial charge in [-0.05, 0) is 43.0 Å². The van der Waals surface area contributed by atoms with Gasteiger partial charge >= 0.3 is 12.1 Å². The summed E-state index contributed by atoms with van der Waals surface area (Å²) in [6.45, 7) is 3.89. The molecule has 2 amide bonds. The van der Waals surface area contributed by atoms with Crippen LogP contribution in [0.15, 0.2) is 48.8 Å². The predicted octanol–water partition coefficient (Wildman–Crippen LogP) is 3.19. The molecule has 0 radical (unpaired) electrons. The van der Waals surface area contributed by atoms with Crippen LogP contribution in [0.1, 0.15) is 34.3 Å². The molecule has 0 bridgehead atoms. The number of benzene rings is 1. The van der Waals surface area contributed by atoms with Crippen LogP contribution in [0.4, 0.5) is 13.2 Å². The summed E-state index contributed by atoms with van der Waals surface area (Å²) < 4.78 is 31.7. The third-order valence-corrected chi connectivity index (χ3v) is 5.99. The van der Waals surface area contributed by atoms with Gasteiger partial charge in [-0.1, -0.05) is 24.3 Å². The molecule has 1 aliphatic heterocycles. The fourth-order valence-electron chi connectivity index (χ4n) is 4.04. The minimum atomic E-state index is -5.08. The maximum absolute atomic E-state index is 12.8. The molecular formula is C23H24F3N3O4. The van der Waals surface area contributed by atoms with E-state index in [1.807, 2.05) is 48.2 Å². The number of carboxylic acid groups (broad SMARTS) is 1. The van der Waals surface area contributed by atoms with E-state index in [9.17, 15) is 22.8 Å². The molecule has 2 fully saturated rings. The van der Waals surface area contributed by atoms with Gasteiger partial charge in [0.2, 0.25) is 5.91 Å². The van der Waals surface area contributed by atoms with Gasteiger partial charge in [-0.3, -0.25) is 14.6 Å². The molecule has 1 aromatic heterocycles. The number of alkyl halides is 3. The second kappa shape index (κ2) is 9.60. The highest BCUT2D eigenvalue weighted by Crippen LogP contribution is 2.58. The van der Waals surface area contributed by atoms with E-state index >= 15 is 0 Å². The summed E-state index contributed by atoms with van der Waals surface area (Å²) in [4.78, 5) is 40.2. The largest absolute Gasteiger partial charge is 0.490 e. The van der Waals surface area contributed by atoms with Crippen LogP contribution in [-0.2, 0) is 16.1 Å². The van der Waals surface area contributed by atoms with Crippen LogP contribution in [0.5, 0.6) is 0 Å². The molecule has 1 saturated heterocycles. The second-order valence-corrected chi connectivity index (χ2v) is 8.29. The van der Waals surface area contributed by atoms with Gasteiger partial charge < -0.3 is 15.3 Å². The summed E-state index contributed by atoms with van der Waals surface area (Å²) in [6.07, 6.45) is 0.194. The lowest BCUT2D eigenvalue weighted by Crippen LogP contribution is -2.31. The van der Waals surface area contributed by atoms with Crippen molar-refractivity contribution in [1.29, 1.82) is 0 Å². The molecule has 10 heteroatoms. The van der Waals surface area contributed by atoms with E-state index < -0.39 is 12.1 Å². The van der Waals surface area contributed by atoms with E-state index in [1.54, 1.807) is 12.4 Å². The number of halogens is 3. The molecule has 2 N–H and O–H groups in total. The molecule has 33 heavy (non-hydrogen) atoms. The highest BCUT2D eigenvalue weighted by molar-refractivity contribution is 5.96. The Balaban J connectivity index is 0.000000383. The zero-order chi connectivity index (χ0) is 24.2. The number of rotatable bonds is 4. The molecule has 2 atom stereocenters. The number of carboxylic acids is 1. The fourth-order valence-corrected chi connectivity index (χ4v) is 4.04. The van der Waals surface area contributed by atoms with Crippen LogP contribution in [0, 0.1) is 18.3 Å². The Morgan fingerprint density at radius 3 is 2.52 bits per heavy atom. The van der Waals surface area contributed by atoms with Gasteiger partial charge in [0.15, 0.2) is 0 Å². The van der Waals surface area contributed by atoms with Crippen molar-refractivity contribution in [2.24, 2.45) is 11.3 Å². The monoisotopic (exact) mass is 463 g/mol. The Labute approximate surface area is 188 Å². The summed E-state index contributed by atoms with van der Waals surface area (Å²) in [5.41, 5.74) is 2.75. The topological polar surface area (TPSA) is 99.6 Å². The van der Waals surface area contributed by atoms with E-state index in [-0.39, 0.29) is 23.1 Å². The first-order chi connectivity index (χ1) is 15.5. The van der Waals surface area contributed by atoms with Crippen LogP contribution < -0.4 is 5.32 Å². The Morgan fingerprint density at radius 2 is 1.91 bits per heavy atom. The number of amides is 2. The van der Waals surface area contributed by atoms with Crippen molar-refractivity contribution in [2.45, 2.75) is 32.5 Å². The SMILES string of the molecule is Cc1ccccc1C(=O)N1CCC2(CC2C(=O)NCc2cccnc2)C1.O=C(O)C(F)(F)F. The standard InChI is InChI=1S/C21H23N3O2.C2HF3O2/c1-15-5-2-3-7-17(15)20(26)24-10-8-21(14-24)11-18(21)19(25)23-13-16-6-4-9-22-12-16;3-2(4,5)1(6)7/h2-7,9,12,18H,8,10-11,13-14H2,1H3,(H,23,25);(H,6,7). The smallest absolute Gasteiger partial charge is 0.475 e. The zero-order valence-electron chi connectivity index (χ0n) is 17.9. The van der Waals surface area contributed by atoms with Gasteiger partial charge in [-0.25, -0.2) is 4.79 Å². The third kappa shape index (κ3) is 5.88. The molecule has 2 aliphatic rings. The first-order valence-electron chi connectivity index (χ1n) is 10.4. The second-order valence-electron chi connectivity index (χ2n) is 8.29. The molecule has 1 aromatic carbocycles. The van der Waals surface area contributed by atoms with Crippen molar-refractivity contribution in [3.05, 3.63) is 65.5 Å². The molecular weight excluding hydrogens is 439 g/mol. The molecule has 2 heterocycles. The maximum atomic E-state index is 12.8. The van der Waals surface area contributed by atoms with Crippen LogP contribution in [0.2, 0.25) is 0 Å². The average Bonchev–Trinajstić information content (AvgIpc) is 3.32. The number of hydrogen-bond acceptors (Lipinski definition) is 4. The van der Waals surface area contributed by atoms with Crippen molar-refractivity contribution in [2.75, 3.05) is 13.1 Å². The number of likely N-dealkylation sites (tertiary alicyclic amines) is 1. The fraction of sp³-hybridized carbons (Fsp3) is 0.391. The van der Waals surface area contributed by atoms with Crippen LogP contribution in [0.3, 0.4) is 0 Å². The average molecular weight is 463 g/mol. The molecule has 176 valence electrons. The number of aromatic nitrogens is 1. The lowest BCUT2D eigenvalue weighted by molar-refractivity contribution is -0.192. The zero-order valence-corrected chi connectivity index (χ0v) is 17.9. The summed E-state index contributed by atoms with van der Waals surface area (Å²) >= 11 is 0. The highest BCUT2D eigenvalue weighted by Gasteiger charge is 2.61. The van der Waals surface area contributed by atoms with Crippen molar-refractivity contribution in [1.82, 2.24) is 15.2 Å². The molecule has 1 saturated carbocycles. The first kappa shape index (κ1) is 24.2. The van der Waals surface area contributed by atoms with Gasteiger partial charge in [0.1, 0.15) is 0 Å². The summed E-state index contributed by atoms with van der Waals surface area (Å²) in [5, 5.41) is 10.1. The molecule has 7 nitrogen and oxygen atoms in total. The summed E-state index contributed by atoms with van der Waals surface area (Å²) in [6, 6.07) is 11.5. The van der Waals surface area contributed by atoms with E-state index in [4.69, 9.17) is 9.90 Å². The van der Waals surface area contributed by atoms with Crippen LogP contribution in [0.25, 0.3) is 0 Å². The highest BCUT2D eigenvalue weighted by atomic mass is 19.4. The number of carbonyl (C=O) groups excluding carboxylic acids is 2. The number of nitrogens with one attached hydrogen (secondary N) is 1. The molecule has 2 aromatic rings. The van der Waals surface area contributed by atoms with Crippen molar-refractivity contribution in [3.8, 4) is 0 Å². The predicted molar refractivity (Wildman–Crippen MR) is 112 cm³/mol. The Morgan fingerprint density at radius 1 is 1.21 bits per heavy atom. The van der Waals surface area contributed by atoms with Gasteiger partial charge in [0.25, 0.3) is 5.91 Å². The number of pyridine rings is 1. The maximum Gasteiger partial charge on any atom is 0.490 e. The lowest BCUT2D eigenvalue weighted by atomic mass is 10.0. The van der Waals surface area contributed by atoms with Crippen LogP contribution >= 0.6 is 0 Å². The Hall–Kier alpha value is -3.43. The molecule has 1 aliphatic carbocycles. The third-order valence-electron chi connectivity index (χ3n) is 5.99. The molecule has 2 unspecified atom stereocenters. The van der Waals surface area contributed by atoms with Gasteiger partial charge in [-0.2, -0.15) is 13.2 Å². The lowest BCUT2D eigenvalue weighted by Gasteiger charge is -2.18. The summed E-state index contributed by atoms with van der Waals surface area (Å²) in [5.74, 6) is -2.55. The van der Waals surface area contributed by atoms with Gasteiger partial charge in [0.05, 0.1) is 0 Å². The number of carbonyl (C=O) groups is 3. The van der Waals surface area contributed by atoms with Crippen molar-refractivity contribution < 1.29 is 32.7 Å². The number of aliphatic carboxylic acids is 1. The molecule has 4 rings (SSSR count). The number of hydrogen-bond donors (Lipinski definition) is 2. The minimum absolute atomic E-state index is 0.0165. The van der Waals surface area contributed by atoms with E-state index in [0.717, 1.165) is 36.1 Å². The van der Waals surface area contributed by atoms with E-state index in [1.165, 1.54) is 0 Å². The Bertz CT molecular complexity index is 1030. The normalized spacial score (nSPS) is 21.2. The van der Waals surface area contributed by atoms with Crippen LogP contribution in [-0.4, -0.2) is 52.0 Å². The molecule has 1 spiro atoms. The van der Waals surface area contributed by atoms with Crippen molar-refractivity contribution >= 4 is 17.8 Å². The van der Waals surface area contributed by atoms with E-state index in [2.05, 4.69) is 10.3 Å². The van der Waals surface area contributed by atoms with Crippen molar-refractivity contribution in [3.63, 3.8) is 0 Å². The van der Waals surface area contributed by atoms with E-state index in [0.29, 0.717) is 13.1 Å². The Kier molecular flexibility index (Phi) is 7.04. The first-order valence-corrected chi connectivity index (χ1v) is 10.4.